The van der Waals surface area contributed by atoms with Gasteiger partial charge in [0.1, 0.15) is 34.3 Å². The lowest BCUT2D eigenvalue weighted by atomic mass is 9.92. The molecule has 0 spiro atoms. The number of benzene rings is 1. The lowest BCUT2D eigenvalue weighted by molar-refractivity contribution is 0.102. The summed E-state index contributed by atoms with van der Waals surface area (Å²) in [6, 6.07) is 3.49. The average molecular weight is 455 g/mol. The number of halogens is 2. The number of nitrogens with zero attached hydrogens (tertiary/aromatic N) is 3. The van der Waals surface area contributed by atoms with Gasteiger partial charge in [0.25, 0.3) is 5.91 Å². The summed E-state index contributed by atoms with van der Waals surface area (Å²) >= 11 is 0. The van der Waals surface area contributed by atoms with E-state index in [0.717, 1.165) is 6.07 Å². The summed E-state index contributed by atoms with van der Waals surface area (Å²) in [5, 5.41) is 2.52. The van der Waals surface area contributed by atoms with Gasteiger partial charge in [-0.3, -0.25) is 18.9 Å². The van der Waals surface area contributed by atoms with Gasteiger partial charge in [-0.25, -0.2) is 18.7 Å². The van der Waals surface area contributed by atoms with E-state index in [2.05, 4.69) is 20.3 Å². The van der Waals surface area contributed by atoms with Crippen LogP contribution in [-0.2, 0) is 5.54 Å². The number of ether oxygens (including phenoxy) is 1. The molecular formula is C19H23F2N5O4S. The van der Waals surface area contributed by atoms with E-state index in [0.29, 0.717) is 0 Å². The minimum Gasteiger partial charge on any atom is -0.480 e. The van der Waals surface area contributed by atoms with Crippen LogP contribution in [0.4, 0.5) is 14.5 Å². The molecule has 2 heterocycles. The molecule has 0 radical (unpaired) electrons. The Morgan fingerprint density at radius 2 is 2.03 bits per heavy atom. The van der Waals surface area contributed by atoms with Crippen molar-refractivity contribution in [2.24, 2.45) is 10.7 Å². The Hall–Kier alpha value is -2.83. The van der Waals surface area contributed by atoms with Crippen molar-refractivity contribution in [3.05, 3.63) is 47.7 Å². The Morgan fingerprint density at radius 1 is 1.32 bits per heavy atom. The first-order valence-electron chi connectivity index (χ1n) is 9.10. The third-order valence-electron chi connectivity index (χ3n) is 5.23. The number of carbonyl (C=O) groups excluding carboxylic acids is 1. The quantitative estimate of drug-likeness (QED) is 0.543. The third kappa shape index (κ3) is 4.05. The Morgan fingerprint density at radius 3 is 2.58 bits per heavy atom. The van der Waals surface area contributed by atoms with Crippen molar-refractivity contribution < 1.29 is 27.4 Å². The van der Waals surface area contributed by atoms with E-state index in [1.54, 1.807) is 0 Å². The molecule has 2 aromatic rings. The minimum atomic E-state index is -3.46. The summed E-state index contributed by atoms with van der Waals surface area (Å²) in [4.78, 5) is 24.4. The summed E-state index contributed by atoms with van der Waals surface area (Å²) < 4.78 is 53.7. The van der Waals surface area contributed by atoms with E-state index in [1.165, 1.54) is 45.5 Å². The van der Waals surface area contributed by atoms with Crippen LogP contribution in [0.5, 0.6) is 5.88 Å². The number of amidine groups is 1. The standard InChI is InChI=1S/C19H23F2N5O4S/c1-18(2)17(22)26-19(9-20,10-31(18,28)29)12-6-11(4-5-13(12)21)25-16(27)14-7-24-15(30-3)8-23-14/h4-8,28-29H,9-10H2,1-3H3,(H2,22,26)(H,25,27)/t19-/m1/s1. The highest BCUT2D eigenvalue weighted by atomic mass is 32.3. The molecule has 1 amide bonds. The number of aliphatic imine (C=N–C) groups is 1. The third-order valence-corrected chi connectivity index (χ3v) is 7.95. The molecule has 1 aliphatic heterocycles. The van der Waals surface area contributed by atoms with Crippen LogP contribution >= 0.6 is 10.6 Å². The van der Waals surface area contributed by atoms with E-state index in [1.807, 2.05) is 0 Å². The molecule has 0 fully saturated rings. The fraction of sp³-hybridized carbons (Fsp3) is 0.368. The molecule has 12 heteroatoms. The number of nitrogens with two attached hydrogens (primary N) is 1. The van der Waals surface area contributed by atoms with Gasteiger partial charge in [-0.15, -0.1) is 0 Å². The van der Waals surface area contributed by atoms with E-state index < -0.39 is 45.0 Å². The number of nitrogens with one attached hydrogen (secondary N) is 1. The monoisotopic (exact) mass is 455 g/mol. The summed E-state index contributed by atoms with van der Waals surface area (Å²) in [7, 11) is -2.06. The van der Waals surface area contributed by atoms with Gasteiger partial charge >= 0.3 is 0 Å². The van der Waals surface area contributed by atoms with Crippen LogP contribution < -0.4 is 15.8 Å². The maximum atomic E-state index is 14.7. The van der Waals surface area contributed by atoms with Gasteiger partial charge in [0.15, 0.2) is 0 Å². The van der Waals surface area contributed by atoms with Gasteiger partial charge in [0.05, 0.1) is 25.3 Å². The van der Waals surface area contributed by atoms with Crippen molar-refractivity contribution in [1.29, 1.82) is 0 Å². The van der Waals surface area contributed by atoms with Crippen LogP contribution in [0.15, 0.2) is 35.6 Å². The molecule has 9 nitrogen and oxygen atoms in total. The molecule has 168 valence electrons. The zero-order valence-corrected chi connectivity index (χ0v) is 17.9. The molecule has 0 saturated carbocycles. The summed E-state index contributed by atoms with van der Waals surface area (Å²) in [6.07, 6.45) is 2.46. The molecular weight excluding hydrogens is 432 g/mol. The molecule has 0 bridgehead atoms. The number of rotatable bonds is 5. The Balaban J connectivity index is 1.98. The number of hydrogen-bond acceptors (Lipinski definition) is 8. The second-order valence-corrected chi connectivity index (χ2v) is 10.2. The Kier molecular flexibility index (Phi) is 5.91. The second kappa shape index (κ2) is 8.02. The predicted molar refractivity (Wildman–Crippen MR) is 114 cm³/mol. The van der Waals surface area contributed by atoms with Crippen LogP contribution in [0, 0.1) is 5.82 Å². The van der Waals surface area contributed by atoms with E-state index >= 15 is 0 Å². The number of methoxy groups -OCH3 is 1. The smallest absolute Gasteiger partial charge is 0.275 e. The number of aromatic nitrogens is 2. The number of amides is 1. The molecule has 0 aliphatic carbocycles. The van der Waals surface area contributed by atoms with E-state index in [4.69, 9.17) is 10.5 Å². The molecule has 31 heavy (non-hydrogen) atoms. The van der Waals surface area contributed by atoms with Gasteiger partial charge in [-0.2, -0.15) is 10.6 Å². The molecule has 1 atom stereocenters. The van der Waals surface area contributed by atoms with Crippen LogP contribution in [0.3, 0.4) is 0 Å². The predicted octanol–water partition coefficient (Wildman–Crippen LogP) is 2.94. The molecule has 5 N–H and O–H groups in total. The molecule has 0 unspecified atom stereocenters. The summed E-state index contributed by atoms with van der Waals surface area (Å²) in [5.74, 6) is -1.99. The fourth-order valence-electron chi connectivity index (χ4n) is 3.05. The van der Waals surface area contributed by atoms with Gasteiger partial charge in [-0.05, 0) is 32.0 Å². The lowest BCUT2D eigenvalue weighted by Gasteiger charge is -2.53. The fourth-order valence-corrected chi connectivity index (χ4v) is 4.75. The molecule has 1 aromatic heterocycles. The molecule has 1 aliphatic rings. The second-order valence-electron chi connectivity index (χ2n) is 7.58. The summed E-state index contributed by atoms with van der Waals surface area (Å²) in [6.45, 7) is 1.73. The molecule has 3 rings (SSSR count). The maximum absolute atomic E-state index is 14.7. The van der Waals surface area contributed by atoms with Crippen LogP contribution in [0.2, 0.25) is 0 Å². The SMILES string of the molecule is COc1cnc(C(=O)Nc2ccc(F)c([C@@]3(CF)CS(O)(O)C(C)(C)C(N)=N3)c2)cn1. The van der Waals surface area contributed by atoms with Crippen molar-refractivity contribution >= 4 is 28.0 Å². The van der Waals surface area contributed by atoms with Crippen molar-refractivity contribution in [3.63, 3.8) is 0 Å². The number of hydrogen-bond donors (Lipinski definition) is 4. The van der Waals surface area contributed by atoms with Gasteiger partial charge < -0.3 is 15.8 Å². The molecule has 0 saturated heterocycles. The van der Waals surface area contributed by atoms with Crippen LogP contribution in [0.1, 0.15) is 29.9 Å². The van der Waals surface area contributed by atoms with Crippen molar-refractivity contribution in [3.8, 4) is 5.88 Å². The number of anilines is 1. The van der Waals surface area contributed by atoms with E-state index in [9.17, 15) is 22.7 Å². The highest BCUT2D eigenvalue weighted by molar-refractivity contribution is 8.26. The first kappa shape index (κ1) is 22.8. The Labute approximate surface area is 179 Å². The first-order valence-corrected chi connectivity index (χ1v) is 10.8. The highest BCUT2D eigenvalue weighted by Crippen LogP contribution is 2.59. The van der Waals surface area contributed by atoms with Crippen LogP contribution in [0.25, 0.3) is 0 Å². The minimum absolute atomic E-state index is 0.0252. The van der Waals surface area contributed by atoms with Crippen molar-refractivity contribution in [2.45, 2.75) is 24.1 Å². The first-order chi connectivity index (χ1) is 14.5. The maximum Gasteiger partial charge on any atom is 0.275 e. The Bertz CT molecular complexity index is 1030. The van der Waals surface area contributed by atoms with Gasteiger partial charge in [0, 0.05) is 11.3 Å². The van der Waals surface area contributed by atoms with Crippen molar-refractivity contribution in [1.82, 2.24) is 9.97 Å². The zero-order chi connectivity index (χ0) is 23.0. The zero-order valence-electron chi connectivity index (χ0n) is 17.1. The molecule has 1 aromatic carbocycles. The lowest BCUT2D eigenvalue weighted by Crippen LogP contribution is -2.53. The normalized spacial score (nSPS) is 22.9. The topological polar surface area (TPSA) is 143 Å². The van der Waals surface area contributed by atoms with E-state index in [-0.39, 0.29) is 28.7 Å². The van der Waals surface area contributed by atoms with Gasteiger partial charge in [-0.1, -0.05) is 0 Å². The largest absolute Gasteiger partial charge is 0.480 e. The average Bonchev–Trinajstić information content (AvgIpc) is 2.73. The van der Waals surface area contributed by atoms with Crippen molar-refractivity contribution in [2.75, 3.05) is 24.9 Å². The highest BCUT2D eigenvalue weighted by Gasteiger charge is 2.51. The van der Waals surface area contributed by atoms with Gasteiger partial charge in [0.2, 0.25) is 5.88 Å². The number of carbonyl (C=O) groups is 1. The summed E-state index contributed by atoms with van der Waals surface area (Å²) in [5.41, 5.74) is 3.81. The van der Waals surface area contributed by atoms with Crippen LogP contribution in [-0.4, -0.2) is 55.1 Å². The number of alkyl halides is 1.